The fourth-order valence-electron chi connectivity index (χ4n) is 4.54. The van der Waals surface area contributed by atoms with Crippen LogP contribution in [-0.4, -0.2) is 34.1 Å². The molecule has 0 spiro atoms. The molecular weight excluding hydrogens is 439 g/mol. The minimum atomic E-state index is -0.233. The summed E-state index contributed by atoms with van der Waals surface area (Å²) < 4.78 is 13.4. The highest BCUT2D eigenvalue weighted by atomic mass is 19.1. The van der Waals surface area contributed by atoms with Crippen LogP contribution in [-0.2, 0) is 0 Å². The van der Waals surface area contributed by atoms with Crippen LogP contribution >= 0.6 is 0 Å². The van der Waals surface area contributed by atoms with Gasteiger partial charge in [0.05, 0.1) is 18.1 Å². The standard InChI is InChI=1S/C28H27FN6/c29-23-7-5-19(6-8-23)28(18-1-2-18)35-26-14-22-13-20(3-4-21(22)15-32-26)25-16-31-17-27(34-25)33-24-9-11-30-12-10-24/h3-8,13-17,24,30H,1-2,9-12H2,(H,32,35)(H,33,34). The number of fused-ring (bicyclic) bond motifs is 1. The number of anilines is 2. The van der Waals surface area contributed by atoms with E-state index in [-0.39, 0.29) is 5.82 Å². The van der Waals surface area contributed by atoms with Crippen LogP contribution in [0, 0.1) is 5.82 Å². The third kappa shape index (κ3) is 5.00. The van der Waals surface area contributed by atoms with Crippen molar-refractivity contribution in [2.24, 2.45) is 0 Å². The molecule has 0 amide bonds. The van der Waals surface area contributed by atoms with Gasteiger partial charge in [-0.05, 0) is 91.7 Å². The Kier molecular flexibility index (Phi) is 5.84. The van der Waals surface area contributed by atoms with Crippen LogP contribution in [0.5, 0.6) is 0 Å². The Morgan fingerprint density at radius 1 is 0.886 bits per heavy atom. The molecule has 2 aliphatic rings. The lowest BCUT2D eigenvalue weighted by molar-refractivity contribution is 0.478. The maximum atomic E-state index is 13.4. The molecule has 4 aromatic rings. The molecule has 1 aliphatic heterocycles. The number of aromatic nitrogens is 3. The Hall–Kier alpha value is -3.84. The second-order valence-corrected chi connectivity index (χ2v) is 9.20. The number of rotatable bonds is 6. The molecule has 0 atom stereocenters. The van der Waals surface area contributed by atoms with E-state index < -0.39 is 0 Å². The molecule has 2 aromatic heterocycles. The summed E-state index contributed by atoms with van der Waals surface area (Å²) in [6.07, 6.45) is 9.75. The van der Waals surface area contributed by atoms with Crippen molar-refractivity contribution >= 4 is 28.1 Å². The molecule has 0 unspecified atom stereocenters. The van der Waals surface area contributed by atoms with Gasteiger partial charge in [0, 0.05) is 28.9 Å². The number of hydrogen-bond donors (Lipinski definition) is 3. The number of piperidine rings is 1. The van der Waals surface area contributed by atoms with Crippen molar-refractivity contribution < 1.29 is 4.39 Å². The molecule has 2 fully saturated rings. The summed E-state index contributed by atoms with van der Waals surface area (Å²) in [7, 11) is 0. The van der Waals surface area contributed by atoms with Gasteiger partial charge in [-0.3, -0.25) is 4.98 Å². The average Bonchev–Trinajstić information content (AvgIpc) is 3.74. The summed E-state index contributed by atoms with van der Waals surface area (Å²) in [5.41, 5.74) is 5.18. The topological polar surface area (TPSA) is 74.8 Å². The van der Waals surface area contributed by atoms with Crippen LogP contribution in [0.1, 0.15) is 31.2 Å². The molecule has 2 aromatic carbocycles. The van der Waals surface area contributed by atoms with E-state index in [1.807, 2.05) is 18.3 Å². The van der Waals surface area contributed by atoms with Crippen LogP contribution in [0.4, 0.5) is 16.0 Å². The Labute approximate surface area is 203 Å². The van der Waals surface area contributed by atoms with E-state index in [1.165, 1.54) is 17.7 Å². The van der Waals surface area contributed by atoms with E-state index in [9.17, 15) is 4.39 Å². The SMILES string of the molecule is Fc1ccc(C(Nc2cc3cc(-c4cncc(NC5CCNCC5)n4)ccc3cn2)=C2CC2)cc1. The highest BCUT2D eigenvalue weighted by molar-refractivity contribution is 5.90. The van der Waals surface area contributed by atoms with Gasteiger partial charge in [0.1, 0.15) is 17.5 Å². The first-order valence-electron chi connectivity index (χ1n) is 12.2. The summed E-state index contributed by atoms with van der Waals surface area (Å²) in [6, 6.07) is 15.3. The number of halogens is 1. The minimum Gasteiger partial charge on any atom is -0.366 e. The number of nitrogens with one attached hydrogen (secondary N) is 3. The van der Waals surface area contributed by atoms with E-state index in [2.05, 4.69) is 50.2 Å². The molecule has 176 valence electrons. The van der Waals surface area contributed by atoms with Gasteiger partial charge >= 0.3 is 0 Å². The zero-order valence-corrected chi connectivity index (χ0v) is 19.4. The van der Waals surface area contributed by atoms with E-state index in [0.717, 1.165) is 83.7 Å². The first-order chi connectivity index (χ1) is 17.2. The number of allylic oxidation sites excluding steroid dienone is 1. The molecular formula is C28H27FN6. The Bertz CT molecular complexity index is 1390. The smallest absolute Gasteiger partial charge is 0.145 e. The molecule has 6 rings (SSSR count). The average molecular weight is 467 g/mol. The quantitative estimate of drug-likeness (QED) is 0.343. The molecule has 3 N–H and O–H groups in total. The predicted molar refractivity (Wildman–Crippen MR) is 138 cm³/mol. The summed E-state index contributed by atoms with van der Waals surface area (Å²) in [5.74, 6) is 1.34. The van der Waals surface area contributed by atoms with Gasteiger partial charge in [0.15, 0.2) is 0 Å². The van der Waals surface area contributed by atoms with Crippen LogP contribution in [0.3, 0.4) is 0 Å². The molecule has 1 aliphatic carbocycles. The van der Waals surface area contributed by atoms with Gasteiger partial charge in [-0.15, -0.1) is 0 Å². The summed E-state index contributed by atoms with van der Waals surface area (Å²) in [6.45, 7) is 2.05. The fourth-order valence-corrected chi connectivity index (χ4v) is 4.54. The largest absolute Gasteiger partial charge is 0.366 e. The van der Waals surface area contributed by atoms with Gasteiger partial charge in [-0.1, -0.05) is 12.1 Å². The number of benzene rings is 2. The first-order valence-corrected chi connectivity index (χ1v) is 12.2. The van der Waals surface area contributed by atoms with Crippen molar-refractivity contribution in [1.29, 1.82) is 0 Å². The molecule has 1 saturated heterocycles. The van der Waals surface area contributed by atoms with Crippen molar-refractivity contribution in [3.8, 4) is 11.3 Å². The van der Waals surface area contributed by atoms with Crippen molar-refractivity contribution in [3.05, 3.63) is 84.1 Å². The normalized spacial score (nSPS) is 15.7. The lowest BCUT2D eigenvalue weighted by atomic mass is 10.1. The molecule has 3 heterocycles. The molecule has 6 nitrogen and oxygen atoms in total. The van der Waals surface area contributed by atoms with Gasteiger partial charge in [0.25, 0.3) is 0 Å². The molecule has 0 bridgehead atoms. The molecule has 35 heavy (non-hydrogen) atoms. The van der Waals surface area contributed by atoms with E-state index in [1.54, 1.807) is 12.4 Å². The van der Waals surface area contributed by atoms with Gasteiger partial charge in [-0.25, -0.2) is 14.4 Å². The zero-order valence-electron chi connectivity index (χ0n) is 19.4. The lowest BCUT2D eigenvalue weighted by Gasteiger charge is -2.24. The van der Waals surface area contributed by atoms with Gasteiger partial charge in [-0.2, -0.15) is 0 Å². The minimum absolute atomic E-state index is 0.233. The van der Waals surface area contributed by atoms with E-state index in [4.69, 9.17) is 4.98 Å². The number of nitrogens with zero attached hydrogens (tertiary/aromatic N) is 3. The van der Waals surface area contributed by atoms with Gasteiger partial charge in [0.2, 0.25) is 0 Å². The third-order valence-corrected chi connectivity index (χ3v) is 6.58. The van der Waals surface area contributed by atoms with Crippen molar-refractivity contribution in [3.63, 3.8) is 0 Å². The highest BCUT2D eigenvalue weighted by Gasteiger charge is 2.20. The van der Waals surface area contributed by atoms with Gasteiger partial charge < -0.3 is 16.0 Å². The fraction of sp³-hybridized carbons (Fsp3) is 0.250. The monoisotopic (exact) mass is 466 g/mol. The Morgan fingerprint density at radius 2 is 1.71 bits per heavy atom. The second-order valence-electron chi connectivity index (χ2n) is 9.20. The molecule has 0 radical (unpaired) electrons. The summed E-state index contributed by atoms with van der Waals surface area (Å²) in [4.78, 5) is 13.9. The highest BCUT2D eigenvalue weighted by Crippen LogP contribution is 2.37. The van der Waals surface area contributed by atoms with Crippen LogP contribution in [0.25, 0.3) is 27.7 Å². The third-order valence-electron chi connectivity index (χ3n) is 6.58. The zero-order chi connectivity index (χ0) is 23.6. The second kappa shape index (κ2) is 9.43. The van der Waals surface area contributed by atoms with Crippen molar-refractivity contribution in [2.75, 3.05) is 23.7 Å². The Morgan fingerprint density at radius 3 is 2.51 bits per heavy atom. The van der Waals surface area contributed by atoms with Crippen LogP contribution in [0.15, 0.2) is 72.7 Å². The molecule has 1 saturated carbocycles. The maximum absolute atomic E-state index is 13.4. The number of pyridine rings is 1. The lowest BCUT2D eigenvalue weighted by Crippen LogP contribution is -2.35. The summed E-state index contributed by atoms with van der Waals surface area (Å²) in [5, 5.41) is 12.5. The molecule has 7 heteroatoms. The van der Waals surface area contributed by atoms with Crippen LogP contribution in [0.2, 0.25) is 0 Å². The Balaban J connectivity index is 1.26. The predicted octanol–water partition coefficient (Wildman–Crippen LogP) is 5.61. The van der Waals surface area contributed by atoms with E-state index in [0.29, 0.717) is 6.04 Å². The first kappa shape index (κ1) is 21.7. The maximum Gasteiger partial charge on any atom is 0.145 e. The van der Waals surface area contributed by atoms with Crippen molar-refractivity contribution in [2.45, 2.75) is 31.7 Å². The number of hydrogen-bond acceptors (Lipinski definition) is 6. The van der Waals surface area contributed by atoms with Crippen LogP contribution < -0.4 is 16.0 Å². The van der Waals surface area contributed by atoms with Crippen molar-refractivity contribution in [1.82, 2.24) is 20.3 Å². The van der Waals surface area contributed by atoms with E-state index >= 15 is 0 Å². The summed E-state index contributed by atoms with van der Waals surface area (Å²) >= 11 is 0.